The Bertz CT molecular complexity index is 1080. The third kappa shape index (κ3) is 3.43. The van der Waals surface area contributed by atoms with E-state index in [4.69, 9.17) is 38.1 Å². The molecule has 1 aliphatic rings. The molecule has 2 aromatic heterocycles. The van der Waals surface area contributed by atoms with Crippen molar-refractivity contribution in [1.29, 1.82) is 0 Å². The van der Waals surface area contributed by atoms with Gasteiger partial charge in [-0.05, 0) is 37.6 Å². The third-order valence-corrected chi connectivity index (χ3v) is 5.43. The normalized spacial score (nSPS) is 15.5. The van der Waals surface area contributed by atoms with Crippen LogP contribution in [0.25, 0.3) is 16.5 Å². The van der Waals surface area contributed by atoms with E-state index in [-0.39, 0.29) is 5.02 Å². The third-order valence-electron chi connectivity index (χ3n) is 4.72. The number of benzene rings is 1. The lowest BCUT2D eigenvalue weighted by molar-refractivity contribution is 0.177. The van der Waals surface area contributed by atoms with Gasteiger partial charge in [0.25, 0.3) is 5.95 Å². The van der Waals surface area contributed by atoms with Crippen LogP contribution >= 0.6 is 23.2 Å². The summed E-state index contributed by atoms with van der Waals surface area (Å²) in [5.41, 5.74) is 8.64. The molecule has 0 fully saturated rings. The van der Waals surface area contributed by atoms with Crippen molar-refractivity contribution in [1.82, 2.24) is 10.3 Å². The number of nitrogen functional groups attached to an aromatic ring is 1. The molecule has 1 aliphatic heterocycles. The summed E-state index contributed by atoms with van der Waals surface area (Å²) in [5, 5.41) is 4.35. The minimum Gasteiger partial charge on any atom is -0.457 e. The summed E-state index contributed by atoms with van der Waals surface area (Å²) >= 11 is 12.4. The highest BCUT2D eigenvalue weighted by Gasteiger charge is 2.25. The van der Waals surface area contributed by atoms with Gasteiger partial charge in [-0.3, -0.25) is 0 Å². The molecule has 0 saturated heterocycles. The van der Waals surface area contributed by atoms with E-state index in [2.05, 4.69) is 16.4 Å². The molecule has 1 aromatic carbocycles. The fourth-order valence-corrected chi connectivity index (χ4v) is 4.03. The molecule has 146 valence electrons. The van der Waals surface area contributed by atoms with Crippen molar-refractivity contribution < 1.29 is 13.5 Å². The largest absolute Gasteiger partial charge is 0.457 e. The number of hydrogen-bond acceptors (Lipinski definition) is 5. The molecular formula is C20H18Cl2FN3O2. The molecule has 0 amide bonds. The van der Waals surface area contributed by atoms with E-state index in [1.165, 1.54) is 12.1 Å². The van der Waals surface area contributed by atoms with Crippen LogP contribution in [0.15, 0.2) is 34.9 Å². The SMILES string of the molecule is C[C@@H](Oc1oc2cc(N)ncc2c1C1=CCNCC1)c1c(Cl)ccc(F)c1Cl. The van der Waals surface area contributed by atoms with Crippen molar-refractivity contribution >= 4 is 45.6 Å². The summed E-state index contributed by atoms with van der Waals surface area (Å²) in [7, 11) is 0. The van der Waals surface area contributed by atoms with Gasteiger partial charge in [0.2, 0.25) is 0 Å². The highest BCUT2D eigenvalue weighted by atomic mass is 35.5. The zero-order chi connectivity index (χ0) is 19.8. The zero-order valence-corrected chi connectivity index (χ0v) is 16.6. The number of furan rings is 1. The zero-order valence-electron chi connectivity index (χ0n) is 15.1. The molecule has 3 N–H and O–H groups in total. The summed E-state index contributed by atoms with van der Waals surface area (Å²) in [4.78, 5) is 4.18. The molecule has 0 aliphatic carbocycles. The number of nitrogens with zero attached hydrogens (tertiary/aromatic N) is 1. The summed E-state index contributed by atoms with van der Waals surface area (Å²) in [5.74, 6) is 0.0988. The molecule has 0 radical (unpaired) electrons. The quantitative estimate of drug-likeness (QED) is 0.553. The van der Waals surface area contributed by atoms with Gasteiger partial charge in [0.15, 0.2) is 0 Å². The van der Waals surface area contributed by atoms with Gasteiger partial charge in [-0.2, -0.15) is 0 Å². The Morgan fingerprint density at radius 3 is 2.93 bits per heavy atom. The number of halogens is 3. The second kappa shape index (κ2) is 7.62. The van der Waals surface area contributed by atoms with Gasteiger partial charge in [-0.25, -0.2) is 9.37 Å². The minimum atomic E-state index is -0.636. The molecule has 0 unspecified atom stereocenters. The van der Waals surface area contributed by atoms with E-state index < -0.39 is 11.9 Å². The molecule has 0 spiro atoms. The van der Waals surface area contributed by atoms with Crippen LogP contribution < -0.4 is 15.8 Å². The number of nitrogens with one attached hydrogen (secondary N) is 1. The van der Waals surface area contributed by atoms with Crippen LogP contribution in [0.3, 0.4) is 0 Å². The van der Waals surface area contributed by atoms with E-state index in [9.17, 15) is 4.39 Å². The number of fused-ring (bicyclic) bond motifs is 1. The first kappa shape index (κ1) is 19.1. The standard InChI is InChI=1S/C20H18Cl2FN3O2/c1-10(17-13(21)2-3-14(23)19(17)22)27-20-18(11-4-6-25-7-5-11)12-9-26-16(24)8-15(12)28-20/h2-4,8-10,25H,5-7H2,1H3,(H2,24,26)/t10-/m1/s1. The topological polar surface area (TPSA) is 73.3 Å². The average Bonchev–Trinajstić information content (AvgIpc) is 3.02. The monoisotopic (exact) mass is 421 g/mol. The van der Waals surface area contributed by atoms with Crippen LogP contribution in [-0.4, -0.2) is 18.1 Å². The number of aromatic nitrogens is 1. The van der Waals surface area contributed by atoms with Crippen molar-refractivity contribution in [2.75, 3.05) is 18.8 Å². The molecule has 3 aromatic rings. The summed E-state index contributed by atoms with van der Waals surface area (Å²) < 4.78 is 26.0. The molecule has 8 heteroatoms. The van der Waals surface area contributed by atoms with Crippen LogP contribution in [0.5, 0.6) is 5.95 Å². The highest BCUT2D eigenvalue weighted by Crippen LogP contribution is 2.42. The summed E-state index contributed by atoms with van der Waals surface area (Å²) in [6.45, 7) is 3.34. The number of nitrogens with two attached hydrogens (primary N) is 1. The highest BCUT2D eigenvalue weighted by molar-refractivity contribution is 6.36. The number of rotatable bonds is 4. The Kier molecular flexibility index (Phi) is 5.19. The number of hydrogen-bond donors (Lipinski definition) is 2. The summed E-state index contributed by atoms with van der Waals surface area (Å²) in [6, 6.07) is 4.33. The number of anilines is 1. The second-order valence-corrected chi connectivity index (χ2v) is 7.36. The van der Waals surface area contributed by atoms with Crippen molar-refractivity contribution in [3.63, 3.8) is 0 Å². The molecule has 3 heterocycles. The smallest absolute Gasteiger partial charge is 0.294 e. The molecular weight excluding hydrogens is 404 g/mol. The lowest BCUT2D eigenvalue weighted by Gasteiger charge is -2.19. The molecule has 0 saturated carbocycles. The van der Waals surface area contributed by atoms with Crippen LogP contribution in [0.1, 0.15) is 30.6 Å². The van der Waals surface area contributed by atoms with E-state index in [1.54, 1.807) is 19.2 Å². The molecule has 4 rings (SSSR count). The van der Waals surface area contributed by atoms with Gasteiger partial charge in [0.1, 0.15) is 23.3 Å². The van der Waals surface area contributed by atoms with Gasteiger partial charge in [0, 0.05) is 29.4 Å². The van der Waals surface area contributed by atoms with E-state index in [1.807, 2.05) is 0 Å². The Labute approximate surface area is 171 Å². The lowest BCUT2D eigenvalue weighted by atomic mass is 10.00. The van der Waals surface area contributed by atoms with Gasteiger partial charge in [-0.15, -0.1) is 0 Å². The fourth-order valence-electron chi connectivity index (χ4n) is 3.36. The van der Waals surface area contributed by atoms with E-state index in [0.717, 1.165) is 36.0 Å². The van der Waals surface area contributed by atoms with Crippen molar-refractivity contribution in [3.05, 3.63) is 57.5 Å². The minimum absolute atomic E-state index is 0.0651. The fraction of sp³-hybridized carbons (Fsp3) is 0.250. The Hall–Kier alpha value is -2.28. The predicted molar refractivity (Wildman–Crippen MR) is 109 cm³/mol. The maximum absolute atomic E-state index is 13.9. The van der Waals surface area contributed by atoms with Crippen molar-refractivity contribution in [2.45, 2.75) is 19.4 Å². The van der Waals surface area contributed by atoms with Gasteiger partial charge in [-0.1, -0.05) is 29.3 Å². The van der Waals surface area contributed by atoms with E-state index >= 15 is 0 Å². The van der Waals surface area contributed by atoms with Crippen LogP contribution in [0.4, 0.5) is 10.2 Å². The van der Waals surface area contributed by atoms with Crippen LogP contribution in [-0.2, 0) is 0 Å². The van der Waals surface area contributed by atoms with Crippen LogP contribution in [0, 0.1) is 5.82 Å². The Morgan fingerprint density at radius 1 is 1.36 bits per heavy atom. The Balaban J connectivity index is 1.80. The first-order valence-electron chi connectivity index (χ1n) is 8.84. The first-order valence-corrected chi connectivity index (χ1v) is 9.59. The molecule has 28 heavy (non-hydrogen) atoms. The first-order chi connectivity index (χ1) is 13.5. The number of ether oxygens (including phenoxy) is 1. The maximum Gasteiger partial charge on any atom is 0.294 e. The van der Waals surface area contributed by atoms with Crippen molar-refractivity contribution in [3.8, 4) is 5.95 Å². The Morgan fingerprint density at radius 2 is 2.18 bits per heavy atom. The summed E-state index contributed by atoms with van der Waals surface area (Å²) in [6.07, 6.45) is 3.93. The predicted octanol–water partition coefficient (Wildman–Crippen LogP) is 5.37. The van der Waals surface area contributed by atoms with E-state index in [0.29, 0.717) is 27.9 Å². The second-order valence-electron chi connectivity index (χ2n) is 6.57. The molecule has 1 atom stereocenters. The number of pyridine rings is 1. The van der Waals surface area contributed by atoms with Crippen molar-refractivity contribution in [2.24, 2.45) is 0 Å². The van der Waals surface area contributed by atoms with Gasteiger partial charge in [0.05, 0.1) is 16.0 Å². The lowest BCUT2D eigenvalue weighted by Crippen LogP contribution is -2.20. The van der Waals surface area contributed by atoms with Gasteiger partial charge >= 0.3 is 0 Å². The average molecular weight is 422 g/mol. The van der Waals surface area contributed by atoms with Crippen LogP contribution in [0.2, 0.25) is 10.0 Å². The maximum atomic E-state index is 13.9. The van der Waals surface area contributed by atoms with Gasteiger partial charge < -0.3 is 20.2 Å². The molecule has 0 bridgehead atoms. The molecule has 5 nitrogen and oxygen atoms in total.